The van der Waals surface area contributed by atoms with Gasteiger partial charge in [-0.15, -0.1) is 11.3 Å². The molecule has 0 N–H and O–H groups in total. The van der Waals surface area contributed by atoms with Gasteiger partial charge in [0.15, 0.2) is 0 Å². The number of carbonyl (C=O) groups is 1. The number of thiophene rings is 1. The van der Waals surface area contributed by atoms with Gasteiger partial charge in [-0.05, 0) is 25.5 Å². The van der Waals surface area contributed by atoms with E-state index in [9.17, 15) is 4.79 Å². The molecule has 1 aliphatic heterocycles. The van der Waals surface area contributed by atoms with Crippen LogP contribution in [0.1, 0.15) is 28.2 Å². The van der Waals surface area contributed by atoms with Crippen molar-refractivity contribution < 1.29 is 4.79 Å². The molecule has 1 saturated heterocycles. The molecule has 1 aromatic rings. The lowest BCUT2D eigenvalue weighted by Crippen LogP contribution is -2.32. The van der Waals surface area contributed by atoms with Crippen LogP contribution in [0, 0.1) is 13.8 Å². The van der Waals surface area contributed by atoms with E-state index in [0.717, 1.165) is 32.5 Å². The van der Waals surface area contributed by atoms with Gasteiger partial charge in [0.25, 0.3) is 0 Å². The number of carbonyl (C=O) groups excluding carboxylic acids is 1. The highest BCUT2D eigenvalue weighted by Crippen LogP contribution is 2.22. The van der Waals surface area contributed by atoms with E-state index >= 15 is 0 Å². The number of hydrogen-bond donors (Lipinski definition) is 0. The fourth-order valence-corrected chi connectivity index (χ4v) is 3.00. The van der Waals surface area contributed by atoms with Crippen LogP contribution in [-0.4, -0.2) is 23.8 Å². The number of likely N-dealkylation sites (tertiary alicyclic amines) is 1. The highest BCUT2D eigenvalue weighted by atomic mass is 32.1. The summed E-state index contributed by atoms with van der Waals surface area (Å²) >= 11 is 1.88. The lowest BCUT2D eigenvalue weighted by molar-refractivity contribution is -0.121. The zero-order valence-electron chi connectivity index (χ0n) is 9.38. The molecule has 2 rings (SSSR count). The molecule has 0 bridgehead atoms. The highest BCUT2D eigenvalue weighted by Gasteiger charge is 2.16. The molecule has 0 radical (unpaired) electrons. The van der Waals surface area contributed by atoms with Crippen LogP contribution in [0.5, 0.6) is 0 Å². The molecule has 2 nitrogen and oxygen atoms in total. The van der Waals surface area contributed by atoms with Gasteiger partial charge in [-0.3, -0.25) is 9.69 Å². The van der Waals surface area contributed by atoms with Crippen LogP contribution in [0.4, 0.5) is 0 Å². The smallest absolute Gasteiger partial charge is 0.135 e. The molecule has 0 aromatic carbocycles. The Balaban J connectivity index is 1.94. The average Bonchev–Trinajstić information content (AvgIpc) is 2.50. The normalized spacial score (nSPS) is 18.4. The zero-order chi connectivity index (χ0) is 10.8. The molecule has 0 spiro atoms. The Kier molecular flexibility index (Phi) is 3.22. The average molecular weight is 223 g/mol. The molecule has 82 valence electrons. The number of rotatable bonds is 2. The van der Waals surface area contributed by atoms with Gasteiger partial charge >= 0.3 is 0 Å². The lowest BCUT2D eigenvalue weighted by atomic mass is 10.1. The third-order valence-corrected chi connectivity index (χ3v) is 4.15. The SMILES string of the molecule is Cc1cc(CN2CCC(=O)CC2)sc1C. The summed E-state index contributed by atoms with van der Waals surface area (Å²) in [6.07, 6.45) is 1.48. The van der Waals surface area contributed by atoms with E-state index in [4.69, 9.17) is 0 Å². The van der Waals surface area contributed by atoms with E-state index in [0.29, 0.717) is 5.78 Å². The monoisotopic (exact) mass is 223 g/mol. The molecule has 0 aliphatic carbocycles. The Hall–Kier alpha value is -0.670. The summed E-state index contributed by atoms with van der Waals surface area (Å²) in [6, 6.07) is 2.27. The molecular formula is C12H17NOS. The first-order valence-electron chi connectivity index (χ1n) is 5.45. The van der Waals surface area contributed by atoms with Crippen molar-refractivity contribution in [1.82, 2.24) is 4.90 Å². The Morgan fingerprint density at radius 3 is 2.53 bits per heavy atom. The van der Waals surface area contributed by atoms with Gasteiger partial charge in [-0.2, -0.15) is 0 Å². The van der Waals surface area contributed by atoms with E-state index in [2.05, 4.69) is 24.8 Å². The second kappa shape index (κ2) is 4.45. The van der Waals surface area contributed by atoms with Crippen molar-refractivity contribution in [3.63, 3.8) is 0 Å². The molecular weight excluding hydrogens is 206 g/mol. The van der Waals surface area contributed by atoms with Crippen molar-refractivity contribution in [2.75, 3.05) is 13.1 Å². The second-order valence-corrected chi connectivity index (χ2v) is 5.61. The standard InChI is InChI=1S/C12H17NOS/c1-9-7-12(15-10(9)2)8-13-5-3-11(14)4-6-13/h7H,3-6,8H2,1-2H3. The summed E-state index contributed by atoms with van der Waals surface area (Å²) in [7, 11) is 0. The second-order valence-electron chi connectivity index (χ2n) is 4.27. The highest BCUT2D eigenvalue weighted by molar-refractivity contribution is 7.12. The molecule has 0 atom stereocenters. The molecule has 3 heteroatoms. The van der Waals surface area contributed by atoms with Gasteiger partial charge in [0, 0.05) is 42.2 Å². The van der Waals surface area contributed by atoms with Crippen molar-refractivity contribution in [3.05, 3.63) is 21.4 Å². The van der Waals surface area contributed by atoms with Gasteiger partial charge in [0.2, 0.25) is 0 Å². The van der Waals surface area contributed by atoms with E-state index in [1.807, 2.05) is 11.3 Å². The predicted octanol–water partition coefficient (Wildman–Crippen LogP) is 2.53. The van der Waals surface area contributed by atoms with E-state index < -0.39 is 0 Å². The molecule has 0 unspecified atom stereocenters. The van der Waals surface area contributed by atoms with Gasteiger partial charge in [-0.25, -0.2) is 0 Å². The van der Waals surface area contributed by atoms with Crippen LogP contribution in [0.25, 0.3) is 0 Å². The third-order valence-electron chi connectivity index (χ3n) is 3.01. The van der Waals surface area contributed by atoms with Crippen molar-refractivity contribution >= 4 is 17.1 Å². The number of Topliss-reactive ketones (excluding diaryl/α,β-unsaturated/α-hetero) is 1. The molecule has 0 saturated carbocycles. The fraction of sp³-hybridized carbons (Fsp3) is 0.583. The molecule has 1 fully saturated rings. The maximum Gasteiger partial charge on any atom is 0.135 e. The van der Waals surface area contributed by atoms with Crippen LogP contribution >= 0.6 is 11.3 Å². The molecule has 1 aliphatic rings. The Labute approximate surface area is 94.9 Å². The van der Waals surface area contributed by atoms with Crippen LogP contribution in [0.15, 0.2) is 6.07 Å². The van der Waals surface area contributed by atoms with Gasteiger partial charge < -0.3 is 0 Å². The third kappa shape index (κ3) is 2.67. The van der Waals surface area contributed by atoms with Crippen molar-refractivity contribution in [2.45, 2.75) is 33.2 Å². The van der Waals surface area contributed by atoms with Crippen molar-refractivity contribution in [2.24, 2.45) is 0 Å². The zero-order valence-corrected chi connectivity index (χ0v) is 10.2. The van der Waals surface area contributed by atoms with Crippen LogP contribution in [0.2, 0.25) is 0 Å². The molecule has 2 heterocycles. The summed E-state index contributed by atoms with van der Waals surface area (Å²) in [5.41, 5.74) is 1.39. The van der Waals surface area contributed by atoms with Crippen LogP contribution in [-0.2, 0) is 11.3 Å². The number of nitrogens with zero attached hydrogens (tertiary/aromatic N) is 1. The number of piperidine rings is 1. The summed E-state index contributed by atoms with van der Waals surface area (Å²) in [5.74, 6) is 0.421. The van der Waals surface area contributed by atoms with E-state index in [1.54, 1.807) is 0 Å². The number of aryl methyl sites for hydroxylation is 2. The summed E-state index contributed by atoms with van der Waals surface area (Å²) < 4.78 is 0. The lowest BCUT2D eigenvalue weighted by Gasteiger charge is -2.24. The minimum absolute atomic E-state index is 0.421. The van der Waals surface area contributed by atoms with E-state index in [1.165, 1.54) is 15.3 Å². The molecule has 0 amide bonds. The quantitative estimate of drug-likeness (QED) is 0.768. The van der Waals surface area contributed by atoms with Gasteiger partial charge in [0.05, 0.1) is 0 Å². The summed E-state index contributed by atoms with van der Waals surface area (Å²) in [4.78, 5) is 16.3. The van der Waals surface area contributed by atoms with Gasteiger partial charge in [0.1, 0.15) is 5.78 Å². The number of hydrogen-bond acceptors (Lipinski definition) is 3. The van der Waals surface area contributed by atoms with Crippen LogP contribution < -0.4 is 0 Å². The first-order valence-corrected chi connectivity index (χ1v) is 6.27. The largest absolute Gasteiger partial charge is 0.300 e. The van der Waals surface area contributed by atoms with E-state index in [-0.39, 0.29) is 0 Å². The molecule has 15 heavy (non-hydrogen) atoms. The Bertz CT molecular complexity index is 340. The maximum atomic E-state index is 11.1. The first kappa shape index (κ1) is 10.8. The maximum absolute atomic E-state index is 11.1. The number of ketones is 1. The minimum atomic E-state index is 0.421. The summed E-state index contributed by atoms with van der Waals surface area (Å²) in [5, 5.41) is 0. The Morgan fingerprint density at radius 2 is 2.00 bits per heavy atom. The summed E-state index contributed by atoms with van der Waals surface area (Å²) in [6.45, 7) is 7.23. The predicted molar refractivity (Wildman–Crippen MR) is 63.3 cm³/mol. The fourth-order valence-electron chi connectivity index (χ4n) is 1.91. The molecule has 1 aromatic heterocycles. The van der Waals surface area contributed by atoms with Crippen molar-refractivity contribution in [3.8, 4) is 0 Å². The van der Waals surface area contributed by atoms with Gasteiger partial charge in [-0.1, -0.05) is 0 Å². The topological polar surface area (TPSA) is 20.3 Å². The first-order chi connectivity index (χ1) is 7.15. The van der Waals surface area contributed by atoms with Crippen molar-refractivity contribution in [1.29, 1.82) is 0 Å². The minimum Gasteiger partial charge on any atom is -0.300 e. The van der Waals surface area contributed by atoms with Crippen LogP contribution in [0.3, 0.4) is 0 Å². The Morgan fingerprint density at radius 1 is 1.33 bits per heavy atom.